The van der Waals surface area contributed by atoms with Crippen LogP contribution in [-0.4, -0.2) is 36.7 Å². The molecule has 1 saturated heterocycles. The molecule has 1 fully saturated rings. The van der Waals surface area contributed by atoms with Gasteiger partial charge in [-0.3, -0.25) is 14.9 Å². The fraction of sp³-hybridized carbons (Fsp3) is 0.350. The van der Waals surface area contributed by atoms with Crippen molar-refractivity contribution in [1.29, 1.82) is 0 Å². The van der Waals surface area contributed by atoms with Gasteiger partial charge in [0.05, 0.1) is 18.8 Å². The van der Waals surface area contributed by atoms with E-state index < -0.39 is 17.7 Å². The number of Topliss-reactive ketones (excluding diaryl/α,β-unsaturated/α-hetero) is 1. The van der Waals surface area contributed by atoms with Gasteiger partial charge in [-0.2, -0.15) is 0 Å². The van der Waals surface area contributed by atoms with Gasteiger partial charge in [-0.1, -0.05) is 0 Å². The lowest BCUT2D eigenvalue weighted by molar-refractivity contribution is -0.163. The molecule has 8 nitrogen and oxygen atoms in total. The molecular formula is C20H21N3O5S. The number of thiophene rings is 1. The Kier molecular flexibility index (Phi) is 5.12. The third kappa shape index (κ3) is 3.89. The van der Waals surface area contributed by atoms with Crippen LogP contribution >= 0.6 is 11.3 Å². The minimum Gasteiger partial charge on any atom is -0.365 e. The molecule has 0 saturated carbocycles. The van der Waals surface area contributed by atoms with E-state index >= 15 is 0 Å². The Morgan fingerprint density at radius 2 is 1.79 bits per heavy atom. The van der Waals surface area contributed by atoms with Gasteiger partial charge in [-0.25, -0.2) is 4.79 Å². The van der Waals surface area contributed by atoms with Crippen molar-refractivity contribution in [2.24, 2.45) is 5.73 Å². The molecule has 2 heterocycles. The second-order valence-corrected chi connectivity index (χ2v) is 8.17. The number of anilines is 2. The van der Waals surface area contributed by atoms with Crippen LogP contribution in [0.3, 0.4) is 0 Å². The SMILES string of the molecule is CC(=O)c1ccc(NC(=O)Nc2sc3c(c2C(N)=O)CCC2(C3)OCCO2)cc1. The van der Waals surface area contributed by atoms with Crippen molar-refractivity contribution in [2.45, 2.75) is 32.0 Å². The van der Waals surface area contributed by atoms with Gasteiger partial charge in [-0.05, 0) is 43.2 Å². The maximum absolute atomic E-state index is 12.5. The van der Waals surface area contributed by atoms with Crippen molar-refractivity contribution >= 4 is 39.7 Å². The van der Waals surface area contributed by atoms with Crippen LogP contribution in [0.5, 0.6) is 0 Å². The maximum atomic E-state index is 12.5. The van der Waals surface area contributed by atoms with Gasteiger partial charge in [0.15, 0.2) is 11.6 Å². The van der Waals surface area contributed by atoms with E-state index in [-0.39, 0.29) is 5.78 Å². The normalized spacial score (nSPS) is 17.0. The van der Waals surface area contributed by atoms with Gasteiger partial charge >= 0.3 is 6.03 Å². The van der Waals surface area contributed by atoms with Gasteiger partial charge in [-0.15, -0.1) is 11.3 Å². The van der Waals surface area contributed by atoms with Crippen molar-refractivity contribution in [2.75, 3.05) is 23.8 Å². The Morgan fingerprint density at radius 1 is 1.10 bits per heavy atom. The molecule has 0 unspecified atom stereocenters. The highest BCUT2D eigenvalue weighted by molar-refractivity contribution is 7.17. The standard InChI is InChI=1S/C20H21N3O5S/c1-11(24)12-2-4-13(5-3-12)22-19(26)23-18-16(17(21)25)14-6-7-20(10-15(14)29-18)27-8-9-28-20/h2-5H,6-10H2,1H3,(H2,21,25)(H2,22,23,26). The number of nitrogens with two attached hydrogens (primary N) is 1. The molecule has 1 aliphatic carbocycles. The number of nitrogens with one attached hydrogen (secondary N) is 2. The molecule has 3 amide bonds. The lowest BCUT2D eigenvalue weighted by atomic mass is 9.90. The van der Waals surface area contributed by atoms with E-state index in [9.17, 15) is 14.4 Å². The lowest BCUT2D eigenvalue weighted by Gasteiger charge is -2.31. The first-order chi connectivity index (χ1) is 13.9. The van der Waals surface area contributed by atoms with E-state index in [0.717, 1.165) is 10.4 Å². The maximum Gasteiger partial charge on any atom is 0.324 e. The fourth-order valence-corrected chi connectivity index (χ4v) is 5.05. The summed E-state index contributed by atoms with van der Waals surface area (Å²) >= 11 is 1.32. The van der Waals surface area contributed by atoms with Crippen molar-refractivity contribution in [1.82, 2.24) is 0 Å². The molecule has 0 bridgehead atoms. The van der Waals surface area contributed by atoms with Crippen molar-refractivity contribution in [3.8, 4) is 0 Å². The fourth-order valence-electron chi connectivity index (χ4n) is 3.71. The molecule has 4 rings (SSSR count). The molecule has 29 heavy (non-hydrogen) atoms. The number of rotatable bonds is 4. The van der Waals surface area contributed by atoms with Crippen molar-refractivity contribution in [3.63, 3.8) is 0 Å². The predicted molar refractivity (Wildman–Crippen MR) is 109 cm³/mol. The second-order valence-electron chi connectivity index (χ2n) is 7.07. The largest absolute Gasteiger partial charge is 0.365 e. The number of ether oxygens (including phenoxy) is 2. The molecule has 1 aromatic carbocycles. The minimum atomic E-state index is -0.634. The number of primary amides is 1. The minimum absolute atomic E-state index is 0.0516. The summed E-state index contributed by atoms with van der Waals surface area (Å²) in [6.07, 6.45) is 1.77. The summed E-state index contributed by atoms with van der Waals surface area (Å²) in [7, 11) is 0. The van der Waals surface area contributed by atoms with Gasteiger partial charge < -0.3 is 20.5 Å². The zero-order chi connectivity index (χ0) is 20.6. The second kappa shape index (κ2) is 7.58. The molecule has 0 radical (unpaired) electrons. The average molecular weight is 415 g/mol. The van der Waals surface area contributed by atoms with Crippen LogP contribution in [0.1, 0.15) is 44.5 Å². The number of hydrogen-bond acceptors (Lipinski definition) is 6. The Labute approximate surface area is 171 Å². The highest BCUT2D eigenvalue weighted by Gasteiger charge is 2.42. The number of urea groups is 1. The van der Waals surface area contributed by atoms with Gasteiger partial charge in [0, 0.05) is 29.0 Å². The summed E-state index contributed by atoms with van der Waals surface area (Å²) in [5.41, 5.74) is 7.89. The van der Waals surface area contributed by atoms with E-state index in [4.69, 9.17) is 15.2 Å². The number of benzene rings is 1. The van der Waals surface area contributed by atoms with E-state index in [1.165, 1.54) is 18.3 Å². The predicted octanol–water partition coefficient (Wildman–Crippen LogP) is 2.93. The smallest absolute Gasteiger partial charge is 0.324 e. The molecule has 4 N–H and O–H groups in total. The number of carbonyl (C=O) groups excluding carboxylic acids is 3. The zero-order valence-corrected chi connectivity index (χ0v) is 16.7. The lowest BCUT2D eigenvalue weighted by Crippen LogP contribution is -2.36. The summed E-state index contributed by atoms with van der Waals surface area (Å²) < 4.78 is 11.6. The molecule has 9 heteroatoms. The van der Waals surface area contributed by atoms with Crippen LogP contribution in [0.4, 0.5) is 15.5 Å². The molecular weight excluding hydrogens is 394 g/mol. The third-order valence-electron chi connectivity index (χ3n) is 5.11. The molecule has 2 aromatic rings. The van der Waals surface area contributed by atoms with Crippen LogP contribution in [0.25, 0.3) is 0 Å². The van der Waals surface area contributed by atoms with Crippen LogP contribution < -0.4 is 16.4 Å². The Balaban J connectivity index is 1.52. The Morgan fingerprint density at radius 3 is 2.41 bits per heavy atom. The zero-order valence-electron chi connectivity index (χ0n) is 15.9. The van der Waals surface area contributed by atoms with E-state index in [1.54, 1.807) is 24.3 Å². The first-order valence-electron chi connectivity index (χ1n) is 9.28. The van der Waals surface area contributed by atoms with E-state index in [0.29, 0.717) is 54.3 Å². The van der Waals surface area contributed by atoms with Gasteiger partial charge in [0.25, 0.3) is 5.91 Å². The van der Waals surface area contributed by atoms with Crippen LogP contribution in [0.15, 0.2) is 24.3 Å². The third-order valence-corrected chi connectivity index (χ3v) is 6.26. The quantitative estimate of drug-likeness (QED) is 0.663. The number of amides is 3. The first-order valence-corrected chi connectivity index (χ1v) is 10.1. The molecule has 1 aliphatic heterocycles. The Hall–Kier alpha value is -2.75. The summed E-state index contributed by atoms with van der Waals surface area (Å²) in [5.74, 6) is -1.26. The van der Waals surface area contributed by atoms with E-state index in [2.05, 4.69) is 10.6 Å². The molecule has 152 valence electrons. The number of hydrogen-bond donors (Lipinski definition) is 3. The molecule has 2 aliphatic rings. The topological polar surface area (TPSA) is 120 Å². The molecule has 1 spiro atoms. The van der Waals surface area contributed by atoms with Crippen molar-refractivity contribution in [3.05, 3.63) is 45.8 Å². The summed E-state index contributed by atoms with van der Waals surface area (Å²) in [6, 6.07) is 6.06. The highest BCUT2D eigenvalue weighted by atomic mass is 32.1. The molecule has 1 aromatic heterocycles. The van der Waals surface area contributed by atoms with E-state index in [1.807, 2.05) is 0 Å². The van der Waals surface area contributed by atoms with Crippen LogP contribution in [-0.2, 0) is 22.3 Å². The van der Waals surface area contributed by atoms with Crippen molar-refractivity contribution < 1.29 is 23.9 Å². The monoisotopic (exact) mass is 415 g/mol. The average Bonchev–Trinajstić information content (AvgIpc) is 3.26. The summed E-state index contributed by atoms with van der Waals surface area (Å²) in [5, 5.41) is 5.84. The number of ketones is 1. The summed E-state index contributed by atoms with van der Waals surface area (Å²) in [4.78, 5) is 36.8. The highest BCUT2D eigenvalue weighted by Crippen LogP contribution is 2.43. The van der Waals surface area contributed by atoms with Gasteiger partial charge in [0.1, 0.15) is 5.00 Å². The summed E-state index contributed by atoms with van der Waals surface area (Å²) in [6.45, 7) is 2.59. The first kappa shape index (κ1) is 19.6. The van der Waals surface area contributed by atoms with Gasteiger partial charge in [0.2, 0.25) is 0 Å². The van der Waals surface area contributed by atoms with Crippen LogP contribution in [0, 0.1) is 0 Å². The number of carbonyl (C=O) groups is 3. The molecule has 0 atom stereocenters. The van der Waals surface area contributed by atoms with Crippen LogP contribution in [0.2, 0.25) is 0 Å². The number of fused-ring (bicyclic) bond motifs is 1. The Bertz CT molecular complexity index is 977.